The summed E-state index contributed by atoms with van der Waals surface area (Å²) in [5.74, 6) is -0.919. The second kappa shape index (κ2) is 10.0. The van der Waals surface area contributed by atoms with Crippen LogP contribution in [-0.2, 0) is 6.18 Å². The van der Waals surface area contributed by atoms with Crippen molar-refractivity contribution in [1.82, 2.24) is 30.1 Å². The molecule has 0 spiro atoms. The third kappa shape index (κ3) is 5.88. The van der Waals surface area contributed by atoms with Gasteiger partial charge in [-0.1, -0.05) is 18.2 Å². The van der Waals surface area contributed by atoms with Gasteiger partial charge >= 0.3 is 12.2 Å². The Morgan fingerprint density at radius 1 is 1.10 bits per heavy atom. The second-order valence-electron chi connectivity index (χ2n) is 7.03. The van der Waals surface area contributed by atoms with Gasteiger partial charge in [0.15, 0.2) is 5.69 Å². The Bertz CT molecular complexity index is 898. The Morgan fingerprint density at radius 2 is 1.74 bits per heavy atom. The molecule has 2 aromatic rings. The van der Waals surface area contributed by atoms with E-state index in [1.165, 1.54) is 0 Å². The first-order chi connectivity index (χ1) is 14.8. The molecule has 3 N–H and O–H groups in total. The van der Waals surface area contributed by atoms with Crippen molar-refractivity contribution in [2.45, 2.75) is 25.1 Å². The van der Waals surface area contributed by atoms with Crippen LogP contribution in [0.1, 0.15) is 28.9 Å². The van der Waals surface area contributed by atoms with Crippen LogP contribution in [0.2, 0.25) is 0 Å². The van der Waals surface area contributed by atoms with Crippen LogP contribution >= 0.6 is 11.8 Å². The number of halogens is 4. The minimum absolute atomic E-state index is 0.0297. The highest BCUT2D eigenvalue weighted by Gasteiger charge is 2.39. The zero-order valence-electron chi connectivity index (χ0n) is 16.5. The number of carbonyl (C=O) groups excluding carboxylic acids is 2. The maximum absolute atomic E-state index is 13.4. The monoisotopic (exact) mass is 458 g/mol. The number of para-hydroxylation sites is 1. The minimum atomic E-state index is -4.79. The summed E-state index contributed by atoms with van der Waals surface area (Å²) < 4.78 is 41.1. The molecule has 1 aliphatic rings. The lowest BCUT2D eigenvalue weighted by molar-refractivity contribution is -0.141. The molecule has 168 valence electrons. The molecule has 3 amide bonds. The summed E-state index contributed by atoms with van der Waals surface area (Å²) in [4.78, 5) is 28.8. The van der Waals surface area contributed by atoms with E-state index in [0.717, 1.165) is 23.7 Å². The van der Waals surface area contributed by atoms with Gasteiger partial charge in [0, 0.05) is 38.4 Å². The fourth-order valence-corrected chi connectivity index (χ4v) is 3.42. The highest BCUT2D eigenvalue weighted by Crippen LogP contribution is 2.31. The van der Waals surface area contributed by atoms with Crippen LogP contribution in [0.15, 0.2) is 36.5 Å². The van der Waals surface area contributed by atoms with Gasteiger partial charge in [0.05, 0.1) is 11.3 Å². The van der Waals surface area contributed by atoms with Crippen LogP contribution in [0, 0.1) is 0 Å². The summed E-state index contributed by atoms with van der Waals surface area (Å²) in [7, 11) is 0. The molecule has 8 nitrogen and oxygen atoms in total. The van der Waals surface area contributed by atoms with Crippen molar-refractivity contribution in [3.8, 4) is 5.69 Å². The molecule has 12 heteroatoms. The lowest BCUT2D eigenvalue weighted by atomic mass is 10.1. The minimum Gasteiger partial charge on any atom is -0.350 e. The van der Waals surface area contributed by atoms with Crippen LogP contribution in [0.25, 0.3) is 5.69 Å². The highest BCUT2D eigenvalue weighted by molar-refractivity contribution is 6.13. The van der Waals surface area contributed by atoms with Gasteiger partial charge in [0.1, 0.15) is 0 Å². The quantitative estimate of drug-likeness (QED) is 0.458. The van der Waals surface area contributed by atoms with Gasteiger partial charge in [-0.3, -0.25) is 4.79 Å². The van der Waals surface area contributed by atoms with Crippen LogP contribution < -0.4 is 15.5 Å². The molecule has 1 aromatic carbocycles. The van der Waals surface area contributed by atoms with E-state index < -0.39 is 23.3 Å². The summed E-state index contributed by atoms with van der Waals surface area (Å²) in [6.07, 6.45) is -2.30. The molecule has 3 rings (SSSR count). The highest BCUT2D eigenvalue weighted by atomic mass is 35.5. The van der Waals surface area contributed by atoms with E-state index in [1.54, 1.807) is 35.2 Å². The normalized spacial score (nSPS) is 15.0. The number of amides is 3. The van der Waals surface area contributed by atoms with E-state index in [1.807, 2.05) is 0 Å². The number of nitrogens with one attached hydrogen (secondary N) is 3. The van der Waals surface area contributed by atoms with Crippen molar-refractivity contribution < 1.29 is 22.8 Å². The molecule has 0 saturated carbocycles. The number of carbonyl (C=O) groups is 2. The van der Waals surface area contributed by atoms with E-state index in [9.17, 15) is 22.8 Å². The number of hydrogen-bond donors (Lipinski definition) is 3. The lowest BCUT2D eigenvalue weighted by Gasteiger charge is -2.31. The zero-order valence-corrected chi connectivity index (χ0v) is 17.2. The van der Waals surface area contributed by atoms with Crippen molar-refractivity contribution in [2.24, 2.45) is 0 Å². The fourth-order valence-electron chi connectivity index (χ4n) is 3.21. The van der Waals surface area contributed by atoms with Gasteiger partial charge in [-0.05, 0) is 36.8 Å². The standard InChI is InChI=1S/C19H22ClF3N6O2/c20-26-13-6-10-28(11-7-13)18(31)25-9-8-24-17(30)15-12-29(14-4-2-1-3-5-14)27-16(15)19(21,22)23/h1-5,12-13,26H,6-11H2,(H,24,30)(H,25,31). The summed E-state index contributed by atoms with van der Waals surface area (Å²) in [5, 5.41) is 8.58. The number of piperidine rings is 1. The third-order valence-corrected chi connectivity index (χ3v) is 5.18. The Balaban J connectivity index is 1.55. The summed E-state index contributed by atoms with van der Waals surface area (Å²) in [6.45, 7) is 1.12. The molecule has 1 fully saturated rings. The topological polar surface area (TPSA) is 91.3 Å². The summed E-state index contributed by atoms with van der Waals surface area (Å²) in [6, 6.07) is 8.05. The Kier molecular flexibility index (Phi) is 7.39. The number of likely N-dealkylation sites (tertiary alicyclic amines) is 1. The van der Waals surface area contributed by atoms with E-state index in [0.29, 0.717) is 18.8 Å². The Labute approximate surface area is 181 Å². The van der Waals surface area contributed by atoms with E-state index >= 15 is 0 Å². The van der Waals surface area contributed by atoms with Gasteiger partial charge < -0.3 is 15.5 Å². The molecule has 0 unspecified atom stereocenters. The average Bonchev–Trinajstić information content (AvgIpc) is 3.23. The predicted molar refractivity (Wildman–Crippen MR) is 108 cm³/mol. The molecule has 1 aliphatic heterocycles. The number of aromatic nitrogens is 2. The average molecular weight is 459 g/mol. The van der Waals surface area contributed by atoms with E-state index in [4.69, 9.17) is 11.8 Å². The molecule has 2 heterocycles. The molecule has 0 atom stereocenters. The molecule has 0 radical (unpaired) electrons. The predicted octanol–water partition coefficient (Wildman–Crippen LogP) is 2.54. The van der Waals surface area contributed by atoms with Crippen molar-refractivity contribution >= 4 is 23.7 Å². The van der Waals surface area contributed by atoms with Gasteiger partial charge in [-0.25, -0.2) is 14.3 Å². The van der Waals surface area contributed by atoms with Crippen molar-refractivity contribution in [3.63, 3.8) is 0 Å². The van der Waals surface area contributed by atoms with Crippen molar-refractivity contribution in [2.75, 3.05) is 26.2 Å². The first kappa shape index (κ1) is 22.9. The molecular formula is C19H22ClF3N6O2. The smallest absolute Gasteiger partial charge is 0.350 e. The number of benzene rings is 1. The molecule has 1 saturated heterocycles. The van der Waals surface area contributed by atoms with Gasteiger partial charge in [0.25, 0.3) is 5.91 Å². The van der Waals surface area contributed by atoms with Crippen LogP contribution in [-0.4, -0.2) is 58.8 Å². The first-order valence-corrected chi connectivity index (χ1v) is 10.1. The lowest BCUT2D eigenvalue weighted by Crippen LogP contribution is -2.48. The van der Waals surface area contributed by atoms with Crippen LogP contribution in [0.4, 0.5) is 18.0 Å². The number of nitrogens with zero attached hydrogens (tertiary/aromatic N) is 3. The number of urea groups is 1. The number of hydrogen-bond acceptors (Lipinski definition) is 4. The second-order valence-corrected chi connectivity index (χ2v) is 7.25. The number of rotatable bonds is 6. The van der Waals surface area contributed by atoms with Crippen LogP contribution in [0.5, 0.6) is 0 Å². The summed E-state index contributed by atoms with van der Waals surface area (Å²) >= 11 is 5.58. The zero-order chi connectivity index (χ0) is 22.4. The molecule has 31 heavy (non-hydrogen) atoms. The van der Waals surface area contributed by atoms with E-state index in [2.05, 4.69) is 20.6 Å². The maximum Gasteiger partial charge on any atom is 0.435 e. The molecule has 0 bridgehead atoms. The Hall–Kier alpha value is -2.79. The molecular weight excluding hydrogens is 437 g/mol. The first-order valence-electron chi connectivity index (χ1n) is 9.69. The van der Waals surface area contributed by atoms with Crippen molar-refractivity contribution in [1.29, 1.82) is 0 Å². The van der Waals surface area contributed by atoms with Crippen molar-refractivity contribution in [3.05, 3.63) is 47.8 Å². The SMILES string of the molecule is O=C(NCCNC(=O)N1CCC(NCl)CC1)c1cn(-c2ccccc2)nc1C(F)(F)F. The molecule has 1 aromatic heterocycles. The van der Waals surface area contributed by atoms with Gasteiger partial charge in [0.2, 0.25) is 0 Å². The molecule has 0 aliphatic carbocycles. The maximum atomic E-state index is 13.4. The number of alkyl halides is 3. The van der Waals surface area contributed by atoms with Gasteiger partial charge in [-0.15, -0.1) is 0 Å². The van der Waals surface area contributed by atoms with Gasteiger partial charge in [-0.2, -0.15) is 18.3 Å². The Morgan fingerprint density at radius 3 is 2.35 bits per heavy atom. The third-order valence-electron chi connectivity index (χ3n) is 4.87. The van der Waals surface area contributed by atoms with Crippen LogP contribution in [0.3, 0.4) is 0 Å². The summed E-state index contributed by atoms with van der Waals surface area (Å²) in [5.41, 5.74) is -1.46. The fraction of sp³-hybridized carbons (Fsp3) is 0.421. The largest absolute Gasteiger partial charge is 0.435 e. The van der Waals surface area contributed by atoms with E-state index in [-0.39, 0.29) is 25.2 Å².